The number of nitrogens with one attached hydrogen (secondary N) is 2. The first-order valence-electron chi connectivity index (χ1n) is 12.1. The zero-order valence-electron chi connectivity index (χ0n) is 20.4. The highest BCUT2D eigenvalue weighted by molar-refractivity contribution is 5.93. The van der Waals surface area contributed by atoms with E-state index in [9.17, 15) is 14.4 Å². The van der Waals surface area contributed by atoms with Crippen LogP contribution in [0.4, 0.5) is 11.4 Å². The summed E-state index contributed by atoms with van der Waals surface area (Å²) in [6.07, 6.45) is 5.62. The van der Waals surface area contributed by atoms with Gasteiger partial charge in [0.25, 0.3) is 0 Å². The zero-order valence-corrected chi connectivity index (χ0v) is 20.4. The fourth-order valence-electron chi connectivity index (χ4n) is 4.23. The predicted octanol–water partition coefficient (Wildman–Crippen LogP) is 3.34. The fourth-order valence-corrected chi connectivity index (χ4v) is 4.23. The van der Waals surface area contributed by atoms with Crippen molar-refractivity contribution in [2.24, 2.45) is 5.92 Å². The van der Waals surface area contributed by atoms with Crippen LogP contribution in [0.1, 0.15) is 24.8 Å². The molecule has 0 radical (unpaired) electrons. The Bertz CT molecular complexity index is 1170. The van der Waals surface area contributed by atoms with Gasteiger partial charge in [0.2, 0.25) is 17.7 Å². The molecule has 0 bridgehead atoms. The van der Waals surface area contributed by atoms with E-state index >= 15 is 0 Å². The molecule has 2 N–H and O–H groups in total. The van der Waals surface area contributed by atoms with Crippen molar-refractivity contribution in [3.63, 3.8) is 0 Å². The van der Waals surface area contributed by atoms with Gasteiger partial charge < -0.3 is 20.3 Å². The van der Waals surface area contributed by atoms with E-state index in [-0.39, 0.29) is 30.2 Å². The number of ether oxygens (including phenoxy) is 1. The second kappa shape index (κ2) is 12.0. The molecule has 1 aromatic heterocycles. The van der Waals surface area contributed by atoms with E-state index < -0.39 is 0 Å². The third kappa shape index (κ3) is 6.94. The lowest BCUT2D eigenvalue weighted by Gasteiger charge is -2.31. The molecule has 1 aliphatic heterocycles. The Labute approximate surface area is 210 Å². The largest absolute Gasteiger partial charge is 0.497 e. The standard InChI is InChI=1S/C27H31N5O4/c1-36-24-10-8-22(9-11-24)29-25(33)19-32-18-23(17-28-32)30-27(35)21-13-15-31(16-14-21)26(34)12-7-20-5-3-2-4-6-20/h2-6,8-11,17-18,21H,7,12-16,19H2,1H3,(H,29,33)(H,30,35). The van der Waals surface area contributed by atoms with Crippen LogP contribution in [0.25, 0.3) is 0 Å². The van der Waals surface area contributed by atoms with Crippen molar-refractivity contribution in [3.05, 3.63) is 72.6 Å². The molecule has 188 valence electrons. The molecule has 3 amide bonds. The molecule has 2 heterocycles. The first-order valence-corrected chi connectivity index (χ1v) is 12.1. The Morgan fingerprint density at radius 2 is 1.69 bits per heavy atom. The van der Waals surface area contributed by atoms with Crippen LogP contribution in [0.3, 0.4) is 0 Å². The van der Waals surface area contributed by atoms with Crippen molar-refractivity contribution < 1.29 is 19.1 Å². The number of amides is 3. The summed E-state index contributed by atoms with van der Waals surface area (Å²) in [4.78, 5) is 39.4. The van der Waals surface area contributed by atoms with Crippen LogP contribution in [-0.2, 0) is 27.3 Å². The molecule has 0 atom stereocenters. The zero-order chi connectivity index (χ0) is 25.3. The number of nitrogens with zero attached hydrogens (tertiary/aromatic N) is 3. The number of aryl methyl sites for hydroxylation is 1. The lowest BCUT2D eigenvalue weighted by Crippen LogP contribution is -2.41. The highest BCUT2D eigenvalue weighted by Gasteiger charge is 2.27. The maximum absolute atomic E-state index is 12.7. The number of benzene rings is 2. The number of methoxy groups -OCH3 is 1. The lowest BCUT2D eigenvalue weighted by molar-refractivity contribution is -0.134. The van der Waals surface area contributed by atoms with Crippen LogP contribution in [-0.4, -0.2) is 52.6 Å². The highest BCUT2D eigenvalue weighted by atomic mass is 16.5. The van der Waals surface area contributed by atoms with Gasteiger partial charge in [-0.15, -0.1) is 0 Å². The first-order chi connectivity index (χ1) is 17.5. The van der Waals surface area contributed by atoms with E-state index in [1.54, 1.807) is 37.6 Å². The second-order valence-corrected chi connectivity index (χ2v) is 8.83. The van der Waals surface area contributed by atoms with Crippen LogP contribution in [0, 0.1) is 5.92 Å². The van der Waals surface area contributed by atoms with Crippen LogP contribution in [0.5, 0.6) is 5.75 Å². The molecule has 36 heavy (non-hydrogen) atoms. The smallest absolute Gasteiger partial charge is 0.246 e. The molecule has 0 unspecified atom stereocenters. The van der Waals surface area contributed by atoms with E-state index in [0.717, 1.165) is 12.0 Å². The molecule has 3 aromatic rings. The van der Waals surface area contributed by atoms with Gasteiger partial charge in [-0.3, -0.25) is 19.1 Å². The Morgan fingerprint density at radius 3 is 2.39 bits per heavy atom. The van der Waals surface area contributed by atoms with Gasteiger partial charge in [0.05, 0.1) is 19.0 Å². The normalized spacial score (nSPS) is 13.8. The van der Waals surface area contributed by atoms with Crippen LogP contribution in [0.15, 0.2) is 67.0 Å². The summed E-state index contributed by atoms with van der Waals surface area (Å²) < 4.78 is 6.58. The molecule has 0 saturated carbocycles. The third-order valence-corrected chi connectivity index (χ3v) is 6.27. The van der Waals surface area contributed by atoms with E-state index in [0.29, 0.717) is 49.5 Å². The third-order valence-electron chi connectivity index (χ3n) is 6.27. The van der Waals surface area contributed by atoms with Gasteiger partial charge in [0.1, 0.15) is 12.3 Å². The predicted molar refractivity (Wildman–Crippen MR) is 137 cm³/mol. The molecule has 1 saturated heterocycles. The average molecular weight is 490 g/mol. The van der Waals surface area contributed by atoms with Crippen LogP contribution in [0.2, 0.25) is 0 Å². The van der Waals surface area contributed by atoms with Gasteiger partial charge in [0, 0.05) is 37.3 Å². The summed E-state index contributed by atoms with van der Waals surface area (Å²) >= 11 is 0. The van der Waals surface area contributed by atoms with E-state index in [2.05, 4.69) is 15.7 Å². The van der Waals surface area contributed by atoms with E-state index in [1.165, 1.54) is 10.9 Å². The number of carbonyl (C=O) groups is 3. The Morgan fingerprint density at radius 1 is 0.972 bits per heavy atom. The first kappa shape index (κ1) is 25.0. The molecule has 9 heteroatoms. The summed E-state index contributed by atoms with van der Waals surface area (Å²) in [7, 11) is 1.58. The van der Waals surface area contributed by atoms with E-state index in [1.807, 2.05) is 35.2 Å². The molecular formula is C27H31N5O4. The van der Waals surface area contributed by atoms with Gasteiger partial charge in [-0.2, -0.15) is 5.10 Å². The number of hydrogen-bond acceptors (Lipinski definition) is 5. The van der Waals surface area contributed by atoms with Crippen LogP contribution < -0.4 is 15.4 Å². The van der Waals surface area contributed by atoms with Gasteiger partial charge in [0.15, 0.2) is 0 Å². The Kier molecular flexibility index (Phi) is 8.33. The summed E-state index contributed by atoms with van der Waals surface area (Å²) in [6.45, 7) is 1.18. The molecule has 0 spiro atoms. The minimum Gasteiger partial charge on any atom is -0.497 e. The van der Waals surface area contributed by atoms with Crippen molar-refractivity contribution in [1.29, 1.82) is 0 Å². The molecular weight excluding hydrogens is 458 g/mol. The quantitative estimate of drug-likeness (QED) is 0.480. The summed E-state index contributed by atoms with van der Waals surface area (Å²) in [5.74, 6) is 0.358. The summed E-state index contributed by atoms with van der Waals surface area (Å²) in [5.41, 5.74) is 2.35. The number of carbonyl (C=O) groups excluding carboxylic acids is 3. The maximum atomic E-state index is 12.7. The molecule has 4 rings (SSSR count). The summed E-state index contributed by atoms with van der Waals surface area (Å²) in [6, 6.07) is 17.0. The SMILES string of the molecule is COc1ccc(NC(=O)Cn2cc(NC(=O)C3CCN(C(=O)CCc4ccccc4)CC3)cn2)cc1. The fraction of sp³-hybridized carbons (Fsp3) is 0.333. The lowest BCUT2D eigenvalue weighted by atomic mass is 9.95. The van der Waals surface area contributed by atoms with Crippen molar-refractivity contribution in [1.82, 2.24) is 14.7 Å². The van der Waals surface area contributed by atoms with Crippen LogP contribution >= 0.6 is 0 Å². The molecule has 9 nitrogen and oxygen atoms in total. The number of rotatable bonds is 9. The van der Waals surface area contributed by atoms with Gasteiger partial charge in [-0.05, 0) is 49.1 Å². The topological polar surface area (TPSA) is 106 Å². The van der Waals surface area contributed by atoms with E-state index in [4.69, 9.17) is 4.74 Å². The average Bonchev–Trinajstić information content (AvgIpc) is 3.34. The number of piperidine rings is 1. The molecule has 1 fully saturated rings. The van der Waals surface area contributed by atoms with Gasteiger partial charge >= 0.3 is 0 Å². The maximum Gasteiger partial charge on any atom is 0.246 e. The minimum atomic E-state index is -0.231. The number of likely N-dealkylation sites (tertiary alicyclic amines) is 1. The molecule has 1 aliphatic rings. The van der Waals surface area contributed by atoms with Crippen molar-refractivity contribution in [2.45, 2.75) is 32.2 Å². The number of aromatic nitrogens is 2. The molecule has 0 aliphatic carbocycles. The summed E-state index contributed by atoms with van der Waals surface area (Å²) in [5, 5.41) is 9.86. The number of anilines is 2. The Balaban J connectivity index is 1.19. The Hall–Kier alpha value is -4.14. The second-order valence-electron chi connectivity index (χ2n) is 8.83. The minimum absolute atomic E-state index is 0.0192. The van der Waals surface area contributed by atoms with Crippen molar-refractivity contribution in [3.8, 4) is 5.75 Å². The van der Waals surface area contributed by atoms with Crippen molar-refractivity contribution >= 4 is 29.1 Å². The molecule has 2 aromatic carbocycles. The highest BCUT2D eigenvalue weighted by Crippen LogP contribution is 2.21. The van der Waals surface area contributed by atoms with Gasteiger partial charge in [-0.1, -0.05) is 30.3 Å². The van der Waals surface area contributed by atoms with Gasteiger partial charge in [-0.25, -0.2) is 0 Å². The van der Waals surface area contributed by atoms with Crippen molar-refractivity contribution in [2.75, 3.05) is 30.8 Å². The number of hydrogen-bond donors (Lipinski definition) is 2. The monoisotopic (exact) mass is 489 g/mol.